The van der Waals surface area contributed by atoms with Gasteiger partial charge in [-0.1, -0.05) is 17.7 Å². The van der Waals surface area contributed by atoms with E-state index in [-0.39, 0.29) is 10.9 Å². The van der Waals surface area contributed by atoms with Crippen molar-refractivity contribution >= 4 is 17.3 Å². The monoisotopic (exact) mass is 342 g/mol. The van der Waals surface area contributed by atoms with Crippen molar-refractivity contribution in [3.63, 3.8) is 0 Å². The molecule has 0 N–H and O–H groups in total. The number of hydrogen-bond acceptors (Lipinski definition) is 3. The van der Waals surface area contributed by atoms with E-state index in [1.54, 1.807) is 6.07 Å². The van der Waals surface area contributed by atoms with Crippen LogP contribution in [0, 0.1) is 0 Å². The fourth-order valence-corrected chi connectivity index (χ4v) is 2.69. The van der Waals surface area contributed by atoms with Crippen LogP contribution in [0.25, 0.3) is 0 Å². The minimum atomic E-state index is -4.48. The normalized spacial score (nSPS) is 15.0. The highest BCUT2D eigenvalue weighted by Gasteiger charge is 2.31. The van der Waals surface area contributed by atoms with Crippen LogP contribution in [0.15, 0.2) is 36.5 Å². The second-order valence-corrected chi connectivity index (χ2v) is 5.71. The summed E-state index contributed by atoms with van der Waals surface area (Å²) in [6, 6.07) is 8.17. The molecule has 7 heteroatoms. The number of nitrogens with zero attached hydrogens (tertiary/aromatic N) is 2. The molecule has 122 valence electrons. The van der Waals surface area contributed by atoms with E-state index in [1.165, 1.54) is 0 Å². The quantitative estimate of drug-likeness (QED) is 0.771. The Kier molecular flexibility index (Phi) is 4.35. The topological polar surface area (TPSA) is 25.4 Å². The second-order valence-electron chi connectivity index (χ2n) is 5.30. The van der Waals surface area contributed by atoms with E-state index < -0.39 is 11.7 Å². The Bertz CT molecular complexity index is 700. The lowest BCUT2D eigenvalue weighted by Gasteiger charge is -2.18. The summed E-state index contributed by atoms with van der Waals surface area (Å²) in [4.78, 5) is 5.91. The highest BCUT2D eigenvalue weighted by molar-refractivity contribution is 6.31. The van der Waals surface area contributed by atoms with Crippen LogP contribution in [0.5, 0.6) is 11.6 Å². The van der Waals surface area contributed by atoms with Crippen molar-refractivity contribution in [2.24, 2.45) is 0 Å². The predicted octanol–water partition coefficient (Wildman–Crippen LogP) is 5.15. The first kappa shape index (κ1) is 15.9. The van der Waals surface area contributed by atoms with Gasteiger partial charge in [0.25, 0.3) is 0 Å². The van der Waals surface area contributed by atoms with Crippen molar-refractivity contribution in [2.75, 3.05) is 18.0 Å². The van der Waals surface area contributed by atoms with E-state index in [2.05, 4.69) is 9.88 Å². The minimum Gasteiger partial charge on any atom is -0.437 e. The highest BCUT2D eigenvalue weighted by atomic mass is 35.5. The summed E-state index contributed by atoms with van der Waals surface area (Å²) in [5, 5.41) is -0.175. The molecule has 1 aliphatic rings. The van der Waals surface area contributed by atoms with E-state index in [4.69, 9.17) is 16.3 Å². The first-order valence-corrected chi connectivity index (χ1v) is 7.57. The zero-order valence-electron chi connectivity index (χ0n) is 12.1. The molecule has 0 unspecified atom stereocenters. The molecule has 0 radical (unpaired) electrons. The SMILES string of the molecule is FC(F)(F)c1cnc(Oc2cccc(N3CCCC3)c2)c(Cl)c1. The van der Waals surface area contributed by atoms with Crippen LogP contribution in [0.4, 0.5) is 18.9 Å². The van der Waals surface area contributed by atoms with E-state index in [0.29, 0.717) is 11.9 Å². The molecule has 1 saturated heterocycles. The standard InChI is InChI=1S/C16H14ClF3N2O/c17-14-8-11(16(18,19)20)10-21-15(14)23-13-5-3-4-12(9-13)22-6-1-2-7-22/h3-5,8-10H,1-2,6-7H2. The van der Waals surface area contributed by atoms with Crippen molar-refractivity contribution in [1.82, 2.24) is 4.98 Å². The molecule has 2 heterocycles. The average Bonchev–Trinajstić information content (AvgIpc) is 3.03. The number of aromatic nitrogens is 1. The van der Waals surface area contributed by atoms with Gasteiger partial charge in [0.1, 0.15) is 10.8 Å². The minimum absolute atomic E-state index is 0.0433. The summed E-state index contributed by atoms with van der Waals surface area (Å²) in [7, 11) is 0. The van der Waals surface area contributed by atoms with Crippen LogP contribution in [0.3, 0.4) is 0 Å². The van der Waals surface area contributed by atoms with E-state index in [0.717, 1.165) is 37.7 Å². The molecule has 3 rings (SSSR count). The van der Waals surface area contributed by atoms with Gasteiger partial charge in [-0.15, -0.1) is 0 Å². The molecular formula is C16H14ClF3N2O. The molecule has 0 aliphatic carbocycles. The third-order valence-corrected chi connectivity index (χ3v) is 3.91. The maximum absolute atomic E-state index is 12.6. The molecule has 0 atom stereocenters. The largest absolute Gasteiger partial charge is 0.437 e. The smallest absolute Gasteiger partial charge is 0.417 e. The summed E-state index contributed by atoms with van der Waals surface area (Å²) < 4.78 is 43.4. The second kappa shape index (κ2) is 6.28. The van der Waals surface area contributed by atoms with Gasteiger partial charge in [-0.25, -0.2) is 4.98 Å². The Labute approximate surface area is 136 Å². The number of benzene rings is 1. The lowest BCUT2D eigenvalue weighted by molar-refractivity contribution is -0.137. The van der Waals surface area contributed by atoms with Crippen LogP contribution in [-0.4, -0.2) is 18.1 Å². The summed E-state index contributed by atoms with van der Waals surface area (Å²) in [6.45, 7) is 1.98. The number of hydrogen-bond donors (Lipinski definition) is 0. The van der Waals surface area contributed by atoms with Gasteiger partial charge >= 0.3 is 6.18 Å². The molecule has 0 spiro atoms. The van der Waals surface area contributed by atoms with Gasteiger partial charge in [0.05, 0.1) is 5.56 Å². The Morgan fingerprint density at radius 1 is 1.13 bits per heavy atom. The molecule has 2 aromatic rings. The van der Waals surface area contributed by atoms with Gasteiger partial charge in [-0.05, 0) is 31.0 Å². The van der Waals surface area contributed by atoms with Crippen molar-refractivity contribution < 1.29 is 17.9 Å². The number of ether oxygens (including phenoxy) is 1. The van der Waals surface area contributed by atoms with Gasteiger partial charge in [-0.3, -0.25) is 0 Å². The molecular weight excluding hydrogens is 329 g/mol. The number of halogens is 4. The summed E-state index contributed by atoms with van der Waals surface area (Å²) in [6.07, 6.45) is -1.47. The lowest BCUT2D eigenvalue weighted by Crippen LogP contribution is -2.17. The van der Waals surface area contributed by atoms with Gasteiger partial charge in [-0.2, -0.15) is 13.2 Å². The molecule has 3 nitrogen and oxygen atoms in total. The third-order valence-electron chi connectivity index (χ3n) is 3.64. The number of rotatable bonds is 3. The number of anilines is 1. The first-order valence-electron chi connectivity index (χ1n) is 7.19. The van der Waals surface area contributed by atoms with Crippen LogP contribution in [0.2, 0.25) is 5.02 Å². The number of pyridine rings is 1. The maximum Gasteiger partial charge on any atom is 0.417 e. The molecule has 0 amide bonds. The van der Waals surface area contributed by atoms with Crippen LogP contribution >= 0.6 is 11.6 Å². The fourth-order valence-electron chi connectivity index (χ4n) is 2.49. The molecule has 23 heavy (non-hydrogen) atoms. The Hall–Kier alpha value is -1.95. The van der Waals surface area contributed by atoms with E-state index in [1.807, 2.05) is 18.2 Å². The summed E-state index contributed by atoms with van der Waals surface area (Å²) in [5.74, 6) is 0.446. The van der Waals surface area contributed by atoms with Gasteiger partial charge in [0, 0.05) is 31.0 Å². The lowest BCUT2D eigenvalue weighted by atomic mass is 10.2. The first-order chi connectivity index (χ1) is 10.9. The van der Waals surface area contributed by atoms with Gasteiger partial charge in [0.15, 0.2) is 0 Å². The Morgan fingerprint density at radius 3 is 2.52 bits per heavy atom. The van der Waals surface area contributed by atoms with Crippen LogP contribution in [-0.2, 0) is 6.18 Å². The average molecular weight is 343 g/mol. The zero-order valence-corrected chi connectivity index (χ0v) is 12.9. The zero-order chi connectivity index (χ0) is 16.4. The van der Waals surface area contributed by atoms with Crippen LogP contribution < -0.4 is 9.64 Å². The highest BCUT2D eigenvalue weighted by Crippen LogP contribution is 2.35. The molecule has 1 aromatic carbocycles. The molecule has 0 bridgehead atoms. The Morgan fingerprint density at radius 2 is 1.87 bits per heavy atom. The summed E-state index contributed by atoms with van der Waals surface area (Å²) >= 11 is 5.85. The fraction of sp³-hybridized carbons (Fsp3) is 0.312. The van der Waals surface area contributed by atoms with E-state index >= 15 is 0 Å². The number of alkyl halides is 3. The van der Waals surface area contributed by atoms with Gasteiger partial charge in [0.2, 0.25) is 5.88 Å². The van der Waals surface area contributed by atoms with E-state index in [9.17, 15) is 13.2 Å². The molecule has 1 fully saturated rings. The van der Waals surface area contributed by atoms with Crippen molar-refractivity contribution in [1.29, 1.82) is 0 Å². The molecule has 1 aromatic heterocycles. The van der Waals surface area contributed by atoms with Crippen molar-refractivity contribution in [2.45, 2.75) is 19.0 Å². The van der Waals surface area contributed by atoms with Gasteiger partial charge < -0.3 is 9.64 Å². The van der Waals surface area contributed by atoms with Crippen molar-refractivity contribution in [3.05, 3.63) is 47.1 Å². The Balaban J connectivity index is 1.80. The summed E-state index contributed by atoms with van der Waals surface area (Å²) in [5.41, 5.74) is 0.115. The van der Waals surface area contributed by atoms with Crippen molar-refractivity contribution in [3.8, 4) is 11.6 Å². The predicted molar refractivity (Wildman–Crippen MR) is 82.2 cm³/mol. The maximum atomic E-state index is 12.6. The molecule has 1 aliphatic heterocycles. The third kappa shape index (κ3) is 3.69. The molecule has 0 saturated carbocycles. The van der Waals surface area contributed by atoms with Crippen LogP contribution in [0.1, 0.15) is 18.4 Å².